The third kappa shape index (κ3) is 3.05. The summed E-state index contributed by atoms with van der Waals surface area (Å²) >= 11 is 1.66. The van der Waals surface area contributed by atoms with E-state index in [1.54, 1.807) is 18.4 Å². The van der Waals surface area contributed by atoms with E-state index in [1.165, 1.54) is 0 Å². The summed E-state index contributed by atoms with van der Waals surface area (Å²) in [5, 5.41) is 3.16. The molecule has 0 N–H and O–H groups in total. The maximum Gasteiger partial charge on any atom is 0.227 e. The minimum Gasteiger partial charge on any atom is -0.384 e. The zero-order chi connectivity index (χ0) is 15.5. The van der Waals surface area contributed by atoms with E-state index in [0.29, 0.717) is 18.9 Å². The van der Waals surface area contributed by atoms with Crippen molar-refractivity contribution < 1.29 is 9.53 Å². The molecule has 0 aliphatic carbocycles. The molecule has 0 unspecified atom stereocenters. The lowest BCUT2D eigenvalue weighted by molar-refractivity contribution is -0.117. The van der Waals surface area contributed by atoms with E-state index in [4.69, 9.17) is 9.72 Å². The zero-order valence-electron chi connectivity index (χ0n) is 12.9. The van der Waals surface area contributed by atoms with Crippen LogP contribution < -0.4 is 4.90 Å². The number of thiazole rings is 1. The third-order valence-electron chi connectivity index (χ3n) is 3.89. The molecule has 1 aliphatic rings. The van der Waals surface area contributed by atoms with E-state index in [2.05, 4.69) is 18.4 Å². The van der Waals surface area contributed by atoms with Crippen LogP contribution in [0.15, 0.2) is 29.6 Å². The van der Waals surface area contributed by atoms with Crippen LogP contribution in [0.2, 0.25) is 0 Å². The van der Waals surface area contributed by atoms with Crippen molar-refractivity contribution in [1.82, 2.24) is 4.98 Å². The standard InChI is InChI=1S/C17H20N2O2S/c1-12(10-21-2)17-18-15(11-22-17)13-5-3-6-14(9-13)19-8-4-7-16(19)20/h3,5-6,9,11-12H,4,7-8,10H2,1-2H3/t12-/m1/s1. The number of rotatable bonds is 5. The van der Waals surface area contributed by atoms with Crippen molar-refractivity contribution in [2.75, 3.05) is 25.2 Å². The fourth-order valence-electron chi connectivity index (χ4n) is 2.72. The second-order valence-electron chi connectivity index (χ2n) is 5.63. The van der Waals surface area contributed by atoms with E-state index in [0.717, 1.165) is 34.9 Å². The molecule has 0 saturated carbocycles. The Labute approximate surface area is 134 Å². The van der Waals surface area contributed by atoms with Crippen molar-refractivity contribution in [2.45, 2.75) is 25.7 Å². The first kappa shape index (κ1) is 15.2. The summed E-state index contributed by atoms with van der Waals surface area (Å²) < 4.78 is 5.19. The molecule has 3 rings (SSSR count). The van der Waals surface area contributed by atoms with Crippen LogP contribution in [-0.4, -0.2) is 31.2 Å². The molecule has 4 nitrogen and oxygen atoms in total. The van der Waals surface area contributed by atoms with Crippen LogP contribution in [0.5, 0.6) is 0 Å². The van der Waals surface area contributed by atoms with Gasteiger partial charge in [0, 0.05) is 42.6 Å². The summed E-state index contributed by atoms with van der Waals surface area (Å²) in [7, 11) is 1.71. The van der Waals surface area contributed by atoms with Gasteiger partial charge in [-0.25, -0.2) is 4.98 Å². The van der Waals surface area contributed by atoms with Gasteiger partial charge >= 0.3 is 0 Å². The summed E-state index contributed by atoms with van der Waals surface area (Å²) in [6, 6.07) is 8.09. The Hall–Kier alpha value is -1.72. The molecule has 1 aromatic heterocycles. The first-order chi connectivity index (χ1) is 10.7. The van der Waals surface area contributed by atoms with Gasteiger partial charge in [0.05, 0.1) is 17.3 Å². The van der Waals surface area contributed by atoms with Gasteiger partial charge in [-0.15, -0.1) is 11.3 Å². The molecule has 1 amide bonds. The van der Waals surface area contributed by atoms with Gasteiger partial charge in [0.1, 0.15) is 0 Å². The lowest BCUT2D eigenvalue weighted by Gasteiger charge is -2.16. The Kier molecular flexibility index (Phi) is 4.55. The molecule has 1 atom stereocenters. The molecule has 1 saturated heterocycles. The number of hydrogen-bond donors (Lipinski definition) is 0. The Morgan fingerprint density at radius 3 is 3.05 bits per heavy atom. The van der Waals surface area contributed by atoms with Crippen molar-refractivity contribution in [3.63, 3.8) is 0 Å². The number of nitrogens with zero attached hydrogens (tertiary/aromatic N) is 2. The monoisotopic (exact) mass is 316 g/mol. The predicted octanol–water partition coefficient (Wildman–Crippen LogP) is 3.69. The van der Waals surface area contributed by atoms with Gasteiger partial charge in [-0.1, -0.05) is 19.1 Å². The fourth-order valence-corrected chi connectivity index (χ4v) is 3.59. The Balaban J connectivity index is 1.84. The largest absolute Gasteiger partial charge is 0.384 e. The molecular formula is C17H20N2O2S. The van der Waals surface area contributed by atoms with Crippen LogP contribution in [0.4, 0.5) is 5.69 Å². The van der Waals surface area contributed by atoms with E-state index in [9.17, 15) is 4.79 Å². The van der Waals surface area contributed by atoms with Crippen LogP contribution in [0, 0.1) is 0 Å². The number of carbonyl (C=O) groups is 1. The van der Waals surface area contributed by atoms with E-state index in [-0.39, 0.29) is 5.91 Å². The van der Waals surface area contributed by atoms with Gasteiger partial charge < -0.3 is 9.64 Å². The van der Waals surface area contributed by atoms with Gasteiger partial charge in [-0.3, -0.25) is 4.79 Å². The second-order valence-corrected chi connectivity index (χ2v) is 6.52. The number of anilines is 1. The lowest BCUT2D eigenvalue weighted by atomic mass is 10.1. The van der Waals surface area contributed by atoms with E-state index < -0.39 is 0 Å². The van der Waals surface area contributed by atoms with Crippen LogP contribution in [0.1, 0.15) is 30.7 Å². The summed E-state index contributed by atoms with van der Waals surface area (Å²) in [5.41, 5.74) is 3.00. The highest BCUT2D eigenvalue weighted by Crippen LogP contribution is 2.30. The number of hydrogen-bond acceptors (Lipinski definition) is 4. The van der Waals surface area contributed by atoms with Gasteiger partial charge in [-0.2, -0.15) is 0 Å². The molecule has 1 aliphatic heterocycles. The molecule has 2 heterocycles. The summed E-state index contributed by atoms with van der Waals surface area (Å²) in [4.78, 5) is 18.5. The molecule has 1 aromatic carbocycles. The average molecular weight is 316 g/mol. The number of carbonyl (C=O) groups excluding carboxylic acids is 1. The molecule has 5 heteroatoms. The highest BCUT2D eigenvalue weighted by atomic mass is 32.1. The Bertz CT molecular complexity index is 668. The van der Waals surface area contributed by atoms with Crippen LogP contribution >= 0.6 is 11.3 Å². The molecule has 22 heavy (non-hydrogen) atoms. The number of ether oxygens (including phenoxy) is 1. The topological polar surface area (TPSA) is 42.4 Å². The molecule has 116 valence electrons. The van der Waals surface area contributed by atoms with E-state index in [1.807, 2.05) is 23.1 Å². The average Bonchev–Trinajstić information content (AvgIpc) is 3.16. The first-order valence-corrected chi connectivity index (χ1v) is 8.42. The smallest absolute Gasteiger partial charge is 0.227 e. The minimum absolute atomic E-state index is 0.213. The maximum atomic E-state index is 11.9. The lowest BCUT2D eigenvalue weighted by Crippen LogP contribution is -2.23. The molecule has 0 bridgehead atoms. The predicted molar refractivity (Wildman–Crippen MR) is 89.4 cm³/mol. The molecular weight excluding hydrogens is 296 g/mol. The third-order valence-corrected chi connectivity index (χ3v) is 4.96. The van der Waals surface area contributed by atoms with Gasteiger partial charge in [0.15, 0.2) is 0 Å². The Morgan fingerprint density at radius 1 is 1.45 bits per heavy atom. The quantitative estimate of drug-likeness (QED) is 0.845. The summed E-state index contributed by atoms with van der Waals surface area (Å²) in [6.45, 7) is 3.61. The molecule has 1 fully saturated rings. The number of aromatic nitrogens is 1. The van der Waals surface area contributed by atoms with E-state index >= 15 is 0 Å². The number of benzene rings is 1. The maximum absolute atomic E-state index is 11.9. The zero-order valence-corrected chi connectivity index (χ0v) is 13.7. The molecule has 0 spiro atoms. The van der Waals surface area contributed by atoms with Crippen LogP contribution in [0.3, 0.4) is 0 Å². The number of methoxy groups -OCH3 is 1. The van der Waals surface area contributed by atoms with Gasteiger partial charge in [0.2, 0.25) is 5.91 Å². The van der Waals surface area contributed by atoms with Crippen molar-refractivity contribution in [2.24, 2.45) is 0 Å². The van der Waals surface area contributed by atoms with Gasteiger partial charge in [0.25, 0.3) is 0 Å². The SMILES string of the molecule is COC[C@@H](C)c1nc(-c2cccc(N3CCCC3=O)c2)cs1. The van der Waals surface area contributed by atoms with Crippen molar-refractivity contribution in [3.8, 4) is 11.3 Å². The second kappa shape index (κ2) is 6.58. The minimum atomic E-state index is 0.213. The highest BCUT2D eigenvalue weighted by Gasteiger charge is 2.22. The molecule has 2 aromatic rings. The van der Waals surface area contributed by atoms with Crippen molar-refractivity contribution in [1.29, 1.82) is 0 Å². The highest BCUT2D eigenvalue weighted by molar-refractivity contribution is 7.10. The Morgan fingerprint density at radius 2 is 2.32 bits per heavy atom. The normalized spacial score (nSPS) is 16.3. The summed E-state index contributed by atoms with van der Waals surface area (Å²) in [5.74, 6) is 0.511. The van der Waals surface area contributed by atoms with Crippen molar-refractivity contribution in [3.05, 3.63) is 34.7 Å². The fraction of sp³-hybridized carbons (Fsp3) is 0.412. The first-order valence-electron chi connectivity index (χ1n) is 7.54. The molecule has 0 radical (unpaired) electrons. The summed E-state index contributed by atoms with van der Waals surface area (Å²) in [6.07, 6.45) is 1.60. The van der Waals surface area contributed by atoms with Crippen LogP contribution in [0.25, 0.3) is 11.3 Å². The number of amides is 1. The van der Waals surface area contributed by atoms with Crippen LogP contribution in [-0.2, 0) is 9.53 Å². The van der Waals surface area contributed by atoms with Crippen molar-refractivity contribution >= 4 is 22.9 Å². The van der Waals surface area contributed by atoms with Gasteiger partial charge in [-0.05, 0) is 18.6 Å².